The van der Waals surface area contributed by atoms with Gasteiger partial charge in [-0.15, -0.1) is 0 Å². The van der Waals surface area contributed by atoms with Crippen molar-refractivity contribution in [3.05, 3.63) is 102 Å². The van der Waals surface area contributed by atoms with Crippen LogP contribution >= 0.6 is 12.2 Å². The second-order valence-electron chi connectivity index (χ2n) is 7.96. The quantitative estimate of drug-likeness (QED) is 0.389. The minimum absolute atomic E-state index is 0.128. The monoisotopic (exact) mass is 442 g/mol. The molecular weight excluding hydrogens is 419 g/mol. The van der Waals surface area contributed by atoms with E-state index in [2.05, 4.69) is 52.2 Å². The van der Waals surface area contributed by atoms with Crippen LogP contribution in [-0.4, -0.2) is 32.9 Å². The lowest BCUT2D eigenvalue weighted by Crippen LogP contribution is -2.41. The van der Waals surface area contributed by atoms with Crippen molar-refractivity contribution in [1.82, 2.24) is 14.9 Å². The largest absolute Gasteiger partial charge is 0.351 e. The van der Waals surface area contributed by atoms with E-state index in [0.29, 0.717) is 0 Å². The van der Waals surface area contributed by atoms with E-state index >= 15 is 0 Å². The predicted molar refractivity (Wildman–Crippen MR) is 132 cm³/mol. The molecule has 1 aliphatic rings. The Kier molecular flexibility index (Phi) is 5.45. The average molecular weight is 443 g/mol. The van der Waals surface area contributed by atoms with Crippen LogP contribution in [0.3, 0.4) is 0 Å². The van der Waals surface area contributed by atoms with Crippen LogP contribution in [0.5, 0.6) is 0 Å². The van der Waals surface area contributed by atoms with Crippen LogP contribution in [-0.2, 0) is 6.42 Å². The molecule has 32 heavy (non-hydrogen) atoms. The SMILES string of the molecule is Cc1ccc(N2C(c3ccc(F)cc3)=CN(CCc3nc4ccccc4[nH]3)C2C=S)cc1. The smallest absolute Gasteiger partial charge is 0.135 e. The van der Waals surface area contributed by atoms with E-state index in [9.17, 15) is 4.39 Å². The number of rotatable bonds is 6. The maximum Gasteiger partial charge on any atom is 0.135 e. The molecule has 2 heterocycles. The molecule has 0 aliphatic carbocycles. The van der Waals surface area contributed by atoms with E-state index in [1.165, 1.54) is 17.7 Å². The first-order valence-corrected chi connectivity index (χ1v) is 11.1. The molecule has 160 valence electrons. The van der Waals surface area contributed by atoms with Gasteiger partial charge in [-0.2, -0.15) is 0 Å². The van der Waals surface area contributed by atoms with Crippen molar-refractivity contribution < 1.29 is 4.39 Å². The van der Waals surface area contributed by atoms with Crippen molar-refractivity contribution in [3.8, 4) is 0 Å². The summed E-state index contributed by atoms with van der Waals surface area (Å²) >= 11 is 5.47. The third-order valence-corrected chi connectivity index (χ3v) is 6.01. The second-order valence-corrected chi connectivity index (χ2v) is 8.24. The second kappa shape index (κ2) is 8.55. The normalized spacial score (nSPS) is 15.9. The van der Waals surface area contributed by atoms with Crippen molar-refractivity contribution >= 4 is 40.0 Å². The number of para-hydroxylation sites is 2. The van der Waals surface area contributed by atoms with Crippen LogP contribution in [0.1, 0.15) is 17.0 Å². The predicted octanol–water partition coefficient (Wildman–Crippen LogP) is 5.70. The van der Waals surface area contributed by atoms with Crippen LogP contribution in [0.4, 0.5) is 10.1 Å². The van der Waals surface area contributed by atoms with E-state index in [-0.39, 0.29) is 12.0 Å². The van der Waals surface area contributed by atoms with Gasteiger partial charge in [0, 0.05) is 30.2 Å². The fourth-order valence-electron chi connectivity index (χ4n) is 4.11. The van der Waals surface area contributed by atoms with Crippen molar-refractivity contribution in [2.24, 2.45) is 0 Å². The lowest BCUT2D eigenvalue weighted by molar-refractivity contribution is 0.368. The Morgan fingerprint density at radius 1 is 1.03 bits per heavy atom. The molecule has 0 fully saturated rings. The zero-order chi connectivity index (χ0) is 22.1. The summed E-state index contributed by atoms with van der Waals surface area (Å²) in [7, 11) is 0. The number of nitrogens with zero attached hydrogens (tertiary/aromatic N) is 3. The van der Waals surface area contributed by atoms with E-state index < -0.39 is 0 Å². The van der Waals surface area contributed by atoms with E-state index in [1.54, 1.807) is 5.37 Å². The van der Waals surface area contributed by atoms with Crippen molar-refractivity contribution in [2.75, 3.05) is 11.4 Å². The number of H-pyrrole nitrogens is 1. The molecule has 0 saturated carbocycles. The fourth-order valence-corrected chi connectivity index (χ4v) is 4.39. The molecule has 5 rings (SSSR count). The van der Waals surface area contributed by atoms with Crippen LogP contribution in [0.2, 0.25) is 0 Å². The number of fused-ring (bicyclic) bond motifs is 1. The highest BCUT2D eigenvalue weighted by atomic mass is 32.1. The molecule has 6 heteroatoms. The molecule has 0 spiro atoms. The first kappa shape index (κ1) is 20.4. The molecule has 4 nitrogen and oxygen atoms in total. The van der Waals surface area contributed by atoms with Gasteiger partial charge in [0.1, 0.15) is 17.8 Å². The number of hydrogen-bond acceptors (Lipinski definition) is 4. The van der Waals surface area contributed by atoms with E-state index in [0.717, 1.165) is 46.8 Å². The Hall–Kier alpha value is -3.51. The number of halogens is 1. The zero-order valence-corrected chi connectivity index (χ0v) is 18.5. The van der Waals surface area contributed by atoms with Gasteiger partial charge in [0.25, 0.3) is 0 Å². The molecule has 0 saturated heterocycles. The number of aryl methyl sites for hydroxylation is 1. The summed E-state index contributed by atoms with van der Waals surface area (Å²) in [4.78, 5) is 12.5. The maximum absolute atomic E-state index is 13.6. The molecule has 1 unspecified atom stereocenters. The minimum atomic E-state index is -0.248. The fraction of sp³-hybridized carbons (Fsp3) is 0.154. The Morgan fingerprint density at radius 3 is 2.50 bits per heavy atom. The van der Waals surface area contributed by atoms with Gasteiger partial charge in [-0.05, 0) is 61.0 Å². The summed E-state index contributed by atoms with van der Waals surface area (Å²) in [6, 6.07) is 23.0. The van der Waals surface area contributed by atoms with Crippen molar-refractivity contribution in [1.29, 1.82) is 0 Å². The molecule has 1 atom stereocenters. The number of hydrogen-bond donors (Lipinski definition) is 1. The third kappa shape index (κ3) is 3.89. The van der Waals surface area contributed by atoms with Gasteiger partial charge in [-0.1, -0.05) is 42.0 Å². The van der Waals surface area contributed by atoms with Crippen molar-refractivity contribution in [2.45, 2.75) is 19.5 Å². The number of thiocarbonyl (C=S) groups is 1. The third-order valence-electron chi connectivity index (χ3n) is 5.77. The summed E-state index contributed by atoms with van der Waals surface area (Å²) in [6.07, 6.45) is 2.74. The first-order chi connectivity index (χ1) is 15.6. The van der Waals surface area contributed by atoms with Gasteiger partial charge in [0.2, 0.25) is 0 Å². The van der Waals surface area contributed by atoms with Gasteiger partial charge in [-0.3, -0.25) is 0 Å². The zero-order valence-electron chi connectivity index (χ0n) is 17.7. The van der Waals surface area contributed by atoms with Gasteiger partial charge in [0.05, 0.1) is 16.7 Å². The van der Waals surface area contributed by atoms with Crippen LogP contribution in [0.15, 0.2) is 79.0 Å². The highest BCUT2D eigenvalue weighted by Gasteiger charge is 2.32. The molecule has 1 aromatic heterocycles. The molecule has 4 aromatic rings. The van der Waals surface area contributed by atoms with Crippen LogP contribution in [0.25, 0.3) is 16.7 Å². The minimum Gasteiger partial charge on any atom is -0.351 e. The highest BCUT2D eigenvalue weighted by molar-refractivity contribution is 7.79. The van der Waals surface area contributed by atoms with Crippen molar-refractivity contribution in [3.63, 3.8) is 0 Å². The topological polar surface area (TPSA) is 35.2 Å². The number of aromatic amines is 1. The van der Waals surface area contributed by atoms with E-state index in [4.69, 9.17) is 17.2 Å². The molecule has 1 N–H and O–H groups in total. The molecular formula is C26H23FN4S. The Labute approximate surface area is 192 Å². The standard InChI is InChI=1S/C26H23FN4S/c1-18-6-12-21(13-7-18)31-24(19-8-10-20(27)11-9-19)16-30(26(31)17-32)15-14-25-28-22-4-2-3-5-23(22)29-25/h2-13,16-17,26H,14-15H2,1H3,(H,28,29). The summed E-state index contributed by atoms with van der Waals surface area (Å²) < 4.78 is 13.6. The molecule has 3 aromatic carbocycles. The summed E-state index contributed by atoms with van der Waals surface area (Å²) in [5.41, 5.74) is 6.19. The van der Waals surface area contributed by atoms with Gasteiger partial charge < -0.3 is 14.8 Å². The number of benzene rings is 3. The van der Waals surface area contributed by atoms with Gasteiger partial charge in [0.15, 0.2) is 0 Å². The molecule has 1 aliphatic heterocycles. The highest BCUT2D eigenvalue weighted by Crippen LogP contribution is 2.35. The van der Waals surface area contributed by atoms with Crippen LogP contribution < -0.4 is 4.90 Å². The Morgan fingerprint density at radius 2 is 1.78 bits per heavy atom. The average Bonchev–Trinajstić information content (AvgIpc) is 3.39. The molecule has 0 bridgehead atoms. The van der Waals surface area contributed by atoms with Gasteiger partial charge in [-0.25, -0.2) is 9.37 Å². The summed E-state index contributed by atoms with van der Waals surface area (Å²) in [5.74, 6) is 0.696. The number of anilines is 1. The first-order valence-electron chi connectivity index (χ1n) is 10.6. The summed E-state index contributed by atoms with van der Waals surface area (Å²) in [5, 5.41) is 1.78. The van der Waals surface area contributed by atoms with E-state index in [1.807, 2.05) is 36.4 Å². The number of imidazole rings is 1. The summed E-state index contributed by atoms with van der Waals surface area (Å²) in [6.45, 7) is 2.81. The molecule has 0 amide bonds. The maximum atomic E-state index is 13.6. The number of nitrogens with one attached hydrogen (secondary N) is 1. The Bertz CT molecular complexity index is 1240. The number of aromatic nitrogens is 2. The van der Waals surface area contributed by atoms with Crippen LogP contribution in [0, 0.1) is 12.7 Å². The van der Waals surface area contributed by atoms with Gasteiger partial charge >= 0.3 is 0 Å². The lowest BCUT2D eigenvalue weighted by Gasteiger charge is -2.31. The molecule has 0 radical (unpaired) electrons. The lowest BCUT2D eigenvalue weighted by atomic mass is 10.1. The Balaban J connectivity index is 1.47.